The molecule has 0 radical (unpaired) electrons. The van der Waals surface area contributed by atoms with E-state index in [1.165, 1.54) is 0 Å². The third-order valence-electron chi connectivity index (χ3n) is 8.96. The summed E-state index contributed by atoms with van der Waals surface area (Å²) in [6.45, 7) is 0. The number of aromatic nitrogens is 6. The van der Waals surface area contributed by atoms with Crippen molar-refractivity contribution in [3.63, 3.8) is 0 Å². The molecule has 222 valence electrons. The van der Waals surface area contributed by atoms with Crippen molar-refractivity contribution in [2.45, 2.75) is 0 Å². The minimum absolute atomic E-state index is 0.905. The van der Waals surface area contributed by atoms with E-state index in [1.807, 2.05) is 61.3 Å². The van der Waals surface area contributed by atoms with Crippen LogP contribution in [0.2, 0.25) is 0 Å². The first-order valence-electron chi connectivity index (χ1n) is 15.6. The number of rotatable bonds is 5. The van der Waals surface area contributed by atoms with Gasteiger partial charge in [-0.05, 0) is 83.9 Å². The van der Waals surface area contributed by atoms with Crippen molar-refractivity contribution in [2.24, 2.45) is 7.05 Å². The summed E-state index contributed by atoms with van der Waals surface area (Å²) in [6, 6.07) is 42.4. The fourth-order valence-electron chi connectivity index (χ4n) is 6.73. The number of imidazole rings is 1. The molecule has 0 fully saturated rings. The molecule has 5 aromatic heterocycles. The van der Waals surface area contributed by atoms with Gasteiger partial charge in [-0.2, -0.15) is 0 Å². The molecule has 0 aliphatic heterocycles. The summed E-state index contributed by atoms with van der Waals surface area (Å²) in [5.74, 6) is 0.905. The highest BCUT2D eigenvalue weighted by molar-refractivity contribution is 6.13. The lowest BCUT2D eigenvalue weighted by Gasteiger charge is -2.14. The lowest BCUT2D eigenvalue weighted by Crippen LogP contribution is -1.98. The number of hydrogen-bond donors (Lipinski definition) is 0. The summed E-state index contributed by atoms with van der Waals surface area (Å²) in [6.07, 6.45) is 9.32. The van der Waals surface area contributed by atoms with Crippen LogP contribution >= 0.6 is 0 Å². The van der Waals surface area contributed by atoms with E-state index in [2.05, 4.69) is 122 Å². The van der Waals surface area contributed by atoms with Crippen molar-refractivity contribution in [3.05, 3.63) is 152 Å². The molecule has 0 N–H and O–H groups in total. The van der Waals surface area contributed by atoms with Gasteiger partial charge in [0.25, 0.3) is 0 Å². The number of nitrogens with zero attached hydrogens (tertiary/aromatic N) is 6. The molecule has 0 saturated carbocycles. The number of fused-ring (bicyclic) bond motifs is 4. The second-order valence-electron chi connectivity index (χ2n) is 11.7. The van der Waals surface area contributed by atoms with Crippen molar-refractivity contribution in [1.82, 2.24) is 29.1 Å². The van der Waals surface area contributed by atoms with Crippen molar-refractivity contribution in [1.29, 1.82) is 0 Å². The van der Waals surface area contributed by atoms with Crippen LogP contribution < -0.4 is 0 Å². The second kappa shape index (κ2) is 10.9. The largest absolute Gasteiger partial charge is 0.327 e. The Kier molecular flexibility index (Phi) is 6.25. The first kappa shape index (κ1) is 27.0. The van der Waals surface area contributed by atoms with Gasteiger partial charge in [-0.3, -0.25) is 15.0 Å². The molecule has 9 rings (SSSR count). The molecular formula is C41H28N6. The molecule has 0 aliphatic rings. The van der Waals surface area contributed by atoms with Gasteiger partial charge in [0.1, 0.15) is 5.82 Å². The van der Waals surface area contributed by atoms with Gasteiger partial charge in [0, 0.05) is 76.7 Å². The minimum Gasteiger partial charge on any atom is -0.327 e. The lowest BCUT2D eigenvalue weighted by atomic mass is 9.96. The average Bonchev–Trinajstić information content (AvgIpc) is 3.65. The Labute approximate surface area is 271 Å². The van der Waals surface area contributed by atoms with Crippen LogP contribution in [0.15, 0.2) is 152 Å². The van der Waals surface area contributed by atoms with Crippen molar-refractivity contribution in [3.8, 4) is 50.6 Å². The standard InChI is InChI=1S/C41H28N6/c1-46-39-15-3-2-14-37(39)45-41(46)35-24-40-34(23-32(35)30-11-8-19-43-26-30)33-22-27(29-10-7-18-42-25-29)16-17-38(33)47(40)31-12-6-9-28(21-31)36-13-4-5-20-44-36/h2-26H,1H3. The third kappa shape index (κ3) is 4.50. The van der Waals surface area contributed by atoms with Gasteiger partial charge in [0.15, 0.2) is 0 Å². The van der Waals surface area contributed by atoms with E-state index in [0.717, 1.165) is 83.4 Å². The van der Waals surface area contributed by atoms with E-state index in [9.17, 15) is 0 Å². The second-order valence-corrected chi connectivity index (χ2v) is 11.7. The van der Waals surface area contributed by atoms with Crippen LogP contribution in [0.25, 0.3) is 83.4 Å². The Morgan fingerprint density at radius 1 is 0.511 bits per heavy atom. The van der Waals surface area contributed by atoms with Crippen LogP contribution in [-0.4, -0.2) is 29.1 Å². The van der Waals surface area contributed by atoms with Crippen molar-refractivity contribution in [2.75, 3.05) is 0 Å². The Hall–Kier alpha value is -6.40. The lowest BCUT2D eigenvalue weighted by molar-refractivity contribution is 0.960. The van der Waals surface area contributed by atoms with Crippen LogP contribution in [0.1, 0.15) is 0 Å². The highest BCUT2D eigenvalue weighted by atomic mass is 15.1. The van der Waals surface area contributed by atoms with Crippen LogP contribution in [-0.2, 0) is 7.05 Å². The number of hydrogen-bond acceptors (Lipinski definition) is 4. The predicted octanol–water partition coefficient (Wildman–Crippen LogP) is 9.52. The molecule has 0 saturated heterocycles. The molecule has 0 spiro atoms. The molecule has 0 aliphatic carbocycles. The number of benzene rings is 4. The molecule has 0 amide bonds. The Balaban J connectivity index is 1.39. The Morgan fingerprint density at radius 3 is 2.09 bits per heavy atom. The zero-order chi connectivity index (χ0) is 31.3. The number of para-hydroxylation sites is 2. The molecule has 9 aromatic rings. The van der Waals surface area contributed by atoms with Crippen molar-refractivity contribution < 1.29 is 0 Å². The third-order valence-corrected chi connectivity index (χ3v) is 8.96. The van der Waals surface area contributed by atoms with E-state index in [-0.39, 0.29) is 0 Å². The smallest absolute Gasteiger partial charge is 0.141 e. The maximum atomic E-state index is 5.16. The van der Waals surface area contributed by atoms with Gasteiger partial charge >= 0.3 is 0 Å². The van der Waals surface area contributed by atoms with E-state index in [0.29, 0.717) is 0 Å². The summed E-state index contributed by atoms with van der Waals surface area (Å²) in [5, 5.41) is 2.31. The van der Waals surface area contributed by atoms with Crippen LogP contribution in [0, 0.1) is 0 Å². The summed E-state index contributed by atoms with van der Waals surface area (Å²) >= 11 is 0. The van der Waals surface area contributed by atoms with Crippen LogP contribution in [0.3, 0.4) is 0 Å². The maximum Gasteiger partial charge on any atom is 0.141 e. The van der Waals surface area contributed by atoms with Gasteiger partial charge in [-0.25, -0.2) is 4.98 Å². The molecule has 5 heterocycles. The molecule has 4 aromatic carbocycles. The Morgan fingerprint density at radius 2 is 1.30 bits per heavy atom. The predicted molar refractivity (Wildman–Crippen MR) is 190 cm³/mol. The molecular weight excluding hydrogens is 576 g/mol. The van der Waals surface area contributed by atoms with Crippen molar-refractivity contribution >= 4 is 32.8 Å². The van der Waals surface area contributed by atoms with Crippen LogP contribution in [0.4, 0.5) is 0 Å². The normalized spacial score (nSPS) is 11.5. The summed E-state index contributed by atoms with van der Waals surface area (Å²) in [7, 11) is 2.09. The minimum atomic E-state index is 0.905. The monoisotopic (exact) mass is 604 g/mol. The maximum absolute atomic E-state index is 5.16. The zero-order valence-electron chi connectivity index (χ0n) is 25.6. The number of aryl methyl sites for hydroxylation is 1. The SMILES string of the molecule is Cn1c(-c2cc3c(cc2-c2cccnc2)c2cc(-c4cccnc4)ccc2n3-c2cccc(-c3ccccn3)c2)nc2ccccc21. The molecule has 6 nitrogen and oxygen atoms in total. The average molecular weight is 605 g/mol. The zero-order valence-corrected chi connectivity index (χ0v) is 25.6. The van der Waals surface area contributed by atoms with E-state index < -0.39 is 0 Å². The van der Waals surface area contributed by atoms with Crippen LogP contribution in [0.5, 0.6) is 0 Å². The quantitative estimate of drug-likeness (QED) is 0.196. The highest BCUT2D eigenvalue weighted by Gasteiger charge is 2.21. The van der Waals surface area contributed by atoms with Gasteiger partial charge < -0.3 is 9.13 Å². The molecule has 0 bridgehead atoms. The first-order chi connectivity index (χ1) is 23.2. The molecule has 47 heavy (non-hydrogen) atoms. The summed E-state index contributed by atoms with van der Waals surface area (Å²) in [5.41, 5.74) is 12.7. The molecule has 6 heteroatoms. The van der Waals surface area contributed by atoms with Gasteiger partial charge in [-0.15, -0.1) is 0 Å². The molecule has 0 atom stereocenters. The highest BCUT2D eigenvalue weighted by Crippen LogP contribution is 2.42. The number of pyridine rings is 3. The molecule has 0 unspecified atom stereocenters. The first-order valence-corrected chi connectivity index (χ1v) is 15.6. The fraction of sp³-hybridized carbons (Fsp3) is 0.0244. The summed E-state index contributed by atoms with van der Waals surface area (Å²) < 4.78 is 4.55. The summed E-state index contributed by atoms with van der Waals surface area (Å²) in [4.78, 5) is 18.7. The van der Waals surface area contributed by atoms with Gasteiger partial charge in [-0.1, -0.05) is 48.5 Å². The topological polar surface area (TPSA) is 61.4 Å². The van der Waals surface area contributed by atoms with Gasteiger partial charge in [0.2, 0.25) is 0 Å². The van der Waals surface area contributed by atoms with E-state index >= 15 is 0 Å². The Bertz CT molecular complexity index is 2570. The fourth-order valence-corrected chi connectivity index (χ4v) is 6.73. The van der Waals surface area contributed by atoms with E-state index in [1.54, 1.807) is 0 Å². The van der Waals surface area contributed by atoms with E-state index in [4.69, 9.17) is 4.98 Å². The van der Waals surface area contributed by atoms with Gasteiger partial charge in [0.05, 0.1) is 27.8 Å².